The number of sulfonamides is 1. The van der Waals surface area contributed by atoms with E-state index in [1.54, 1.807) is 0 Å². The minimum absolute atomic E-state index is 0.0741. The monoisotopic (exact) mass is 318 g/mol. The van der Waals surface area contributed by atoms with Crippen molar-refractivity contribution >= 4 is 21.7 Å². The summed E-state index contributed by atoms with van der Waals surface area (Å²) in [5, 5.41) is 19.9. The third-order valence-electron chi connectivity index (χ3n) is 3.37. The van der Waals surface area contributed by atoms with Crippen LogP contribution in [0.5, 0.6) is 0 Å². The summed E-state index contributed by atoms with van der Waals surface area (Å²) in [6, 6.07) is 2.62. The van der Waals surface area contributed by atoms with Gasteiger partial charge >= 0.3 is 11.7 Å². The van der Waals surface area contributed by atoms with E-state index in [1.165, 1.54) is 0 Å². The number of rotatable bonds is 5. The summed E-state index contributed by atoms with van der Waals surface area (Å²) in [6.07, 6.45) is 0.662. The van der Waals surface area contributed by atoms with E-state index in [9.17, 15) is 27.7 Å². The van der Waals surface area contributed by atoms with Gasteiger partial charge in [0, 0.05) is 0 Å². The quantitative estimate of drug-likeness (QED) is 0.616. The van der Waals surface area contributed by atoms with Gasteiger partial charge in [0.15, 0.2) is 4.90 Å². The molecule has 8 nitrogen and oxygen atoms in total. The lowest BCUT2D eigenvalue weighted by atomic mass is 9.78. The third-order valence-corrected chi connectivity index (χ3v) is 4.94. The number of hydrogen-bond donors (Lipinski definition) is 2. The maximum absolute atomic E-state index is 13.5. The molecule has 10 heteroatoms. The molecule has 2 N–H and O–H groups in total. The summed E-state index contributed by atoms with van der Waals surface area (Å²) in [5.74, 6) is -2.67. The predicted octanol–water partition coefficient (Wildman–Crippen LogP) is 1.02. The van der Waals surface area contributed by atoms with Crippen LogP contribution in [0.15, 0.2) is 23.1 Å². The van der Waals surface area contributed by atoms with E-state index in [1.807, 2.05) is 4.72 Å². The van der Waals surface area contributed by atoms with Gasteiger partial charge in [-0.05, 0) is 31.4 Å². The maximum Gasteiger partial charge on any atom is 0.324 e. The second-order valence-corrected chi connectivity index (χ2v) is 6.34. The van der Waals surface area contributed by atoms with E-state index < -0.39 is 42.9 Å². The highest BCUT2D eigenvalue weighted by molar-refractivity contribution is 7.89. The molecule has 0 bridgehead atoms. The first-order chi connectivity index (χ1) is 9.69. The molecule has 1 aromatic rings. The molecular weight excluding hydrogens is 307 g/mol. The van der Waals surface area contributed by atoms with Gasteiger partial charge in [0.05, 0.1) is 4.92 Å². The molecule has 1 aliphatic rings. The molecule has 0 saturated heterocycles. The average Bonchev–Trinajstić information content (AvgIpc) is 2.32. The number of halogens is 1. The number of aliphatic carboxylic acids is 1. The van der Waals surface area contributed by atoms with Crippen LogP contribution in [0, 0.1) is 15.9 Å². The molecule has 1 aliphatic carbocycles. The Bertz CT molecular complexity index is 713. The van der Waals surface area contributed by atoms with Gasteiger partial charge in [-0.25, -0.2) is 8.42 Å². The van der Waals surface area contributed by atoms with Crippen molar-refractivity contribution in [3.8, 4) is 0 Å². The molecule has 0 unspecified atom stereocenters. The highest BCUT2D eigenvalue weighted by Gasteiger charge is 2.48. The van der Waals surface area contributed by atoms with Gasteiger partial charge in [0.1, 0.15) is 5.54 Å². The van der Waals surface area contributed by atoms with Crippen molar-refractivity contribution < 1.29 is 27.6 Å². The Hall–Kier alpha value is -2.07. The average molecular weight is 318 g/mol. The zero-order chi connectivity index (χ0) is 15.8. The van der Waals surface area contributed by atoms with Crippen LogP contribution in [0.3, 0.4) is 0 Å². The van der Waals surface area contributed by atoms with Crippen LogP contribution >= 0.6 is 0 Å². The number of carboxylic acid groups (broad SMARTS) is 1. The minimum Gasteiger partial charge on any atom is -0.480 e. The first-order valence-electron chi connectivity index (χ1n) is 5.90. The van der Waals surface area contributed by atoms with Crippen LogP contribution in [0.25, 0.3) is 0 Å². The van der Waals surface area contributed by atoms with Crippen molar-refractivity contribution in [1.29, 1.82) is 0 Å². The molecule has 0 aromatic heterocycles. The Balaban J connectivity index is 2.48. The molecule has 0 aliphatic heterocycles. The molecular formula is C11H11FN2O6S. The standard InChI is InChI=1S/C11H11FN2O6S/c12-7-3-1-4-8(9(7)14(17)18)21(19,20)13-11(10(15)16)5-2-6-11/h1,3-4,13H,2,5-6H2,(H,15,16). The number of hydrogen-bond acceptors (Lipinski definition) is 5. The topological polar surface area (TPSA) is 127 Å². The van der Waals surface area contributed by atoms with Crippen molar-refractivity contribution in [2.45, 2.75) is 29.7 Å². The molecule has 21 heavy (non-hydrogen) atoms. The molecule has 0 heterocycles. The van der Waals surface area contributed by atoms with Crippen molar-refractivity contribution in [3.63, 3.8) is 0 Å². The lowest BCUT2D eigenvalue weighted by molar-refractivity contribution is -0.390. The van der Waals surface area contributed by atoms with E-state index in [2.05, 4.69) is 0 Å². The Morgan fingerprint density at radius 3 is 2.48 bits per heavy atom. The summed E-state index contributed by atoms with van der Waals surface area (Å²) >= 11 is 0. The lowest BCUT2D eigenvalue weighted by Gasteiger charge is -2.37. The maximum atomic E-state index is 13.5. The molecule has 0 radical (unpaired) electrons. The SMILES string of the molecule is O=C(O)C1(NS(=O)(=O)c2cccc(F)c2[N+](=O)[O-])CCC1. The van der Waals surface area contributed by atoms with E-state index in [0.717, 1.165) is 18.2 Å². The fraction of sp³-hybridized carbons (Fsp3) is 0.364. The summed E-state index contributed by atoms with van der Waals surface area (Å²) < 4.78 is 39.8. The van der Waals surface area contributed by atoms with Crippen LogP contribution in [0.1, 0.15) is 19.3 Å². The van der Waals surface area contributed by atoms with E-state index in [4.69, 9.17) is 5.11 Å². The normalized spacial score (nSPS) is 17.0. The van der Waals surface area contributed by atoms with Crippen LogP contribution in [0.4, 0.5) is 10.1 Å². The van der Waals surface area contributed by atoms with Crippen LogP contribution in [-0.4, -0.2) is 30.0 Å². The third kappa shape index (κ3) is 2.59. The highest BCUT2D eigenvalue weighted by Crippen LogP contribution is 2.35. The number of nitrogens with one attached hydrogen (secondary N) is 1. The van der Waals surface area contributed by atoms with Gasteiger partial charge in [-0.15, -0.1) is 0 Å². The second kappa shape index (κ2) is 5.04. The summed E-state index contributed by atoms with van der Waals surface area (Å²) in [5.41, 5.74) is -2.89. The Morgan fingerprint density at radius 2 is 2.05 bits per heavy atom. The molecule has 0 atom stereocenters. The lowest BCUT2D eigenvalue weighted by Crippen LogP contribution is -2.58. The van der Waals surface area contributed by atoms with Gasteiger partial charge in [-0.2, -0.15) is 9.11 Å². The number of carboxylic acids is 1. The van der Waals surface area contributed by atoms with Crippen molar-refractivity contribution in [3.05, 3.63) is 34.1 Å². The van der Waals surface area contributed by atoms with E-state index in [-0.39, 0.29) is 12.8 Å². The number of carbonyl (C=O) groups is 1. The fourth-order valence-corrected chi connectivity index (χ4v) is 3.69. The molecule has 1 aromatic carbocycles. The van der Waals surface area contributed by atoms with Gasteiger partial charge < -0.3 is 5.11 Å². The van der Waals surface area contributed by atoms with Gasteiger partial charge in [0.25, 0.3) is 0 Å². The summed E-state index contributed by atoms with van der Waals surface area (Å²) in [6.45, 7) is 0. The molecule has 114 valence electrons. The van der Waals surface area contributed by atoms with Crippen LogP contribution in [-0.2, 0) is 14.8 Å². The Kier molecular flexibility index (Phi) is 3.68. The van der Waals surface area contributed by atoms with E-state index >= 15 is 0 Å². The smallest absolute Gasteiger partial charge is 0.324 e. The molecule has 0 amide bonds. The molecule has 2 rings (SSSR count). The molecule has 1 saturated carbocycles. The van der Waals surface area contributed by atoms with Crippen molar-refractivity contribution in [1.82, 2.24) is 4.72 Å². The van der Waals surface area contributed by atoms with Crippen molar-refractivity contribution in [2.75, 3.05) is 0 Å². The first kappa shape index (κ1) is 15.3. The zero-order valence-electron chi connectivity index (χ0n) is 10.6. The summed E-state index contributed by atoms with van der Waals surface area (Å²) in [7, 11) is -4.53. The number of benzene rings is 1. The largest absolute Gasteiger partial charge is 0.480 e. The number of nitro benzene ring substituents is 1. The van der Waals surface area contributed by atoms with Gasteiger partial charge in [-0.3, -0.25) is 14.9 Å². The van der Waals surface area contributed by atoms with Crippen LogP contribution < -0.4 is 4.72 Å². The van der Waals surface area contributed by atoms with Crippen molar-refractivity contribution in [2.24, 2.45) is 0 Å². The number of nitro groups is 1. The van der Waals surface area contributed by atoms with E-state index in [0.29, 0.717) is 6.42 Å². The number of para-hydroxylation sites is 1. The summed E-state index contributed by atoms with van der Waals surface area (Å²) in [4.78, 5) is 19.9. The second-order valence-electron chi connectivity index (χ2n) is 4.69. The highest BCUT2D eigenvalue weighted by atomic mass is 32.2. The van der Waals surface area contributed by atoms with Crippen LogP contribution in [0.2, 0.25) is 0 Å². The molecule has 1 fully saturated rings. The Labute approximate surface area is 118 Å². The van der Waals surface area contributed by atoms with Gasteiger partial charge in [0.2, 0.25) is 15.8 Å². The molecule has 0 spiro atoms. The Morgan fingerprint density at radius 1 is 1.43 bits per heavy atom. The number of nitrogens with zero attached hydrogens (tertiary/aromatic N) is 1. The fourth-order valence-electron chi connectivity index (χ4n) is 2.09. The first-order valence-corrected chi connectivity index (χ1v) is 7.38. The zero-order valence-corrected chi connectivity index (χ0v) is 11.4. The minimum atomic E-state index is -4.53. The van der Waals surface area contributed by atoms with Gasteiger partial charge in [-0.1, -0.05) is 6.07 Å². The predicted molar refractivity (Wildman–Crippen MR) is 67.6 cm³/mol.